The van der Waals surface area contributed by atoms with Crippen LogP contribution in [0.3, 0.4) is 0 Å². The lowest BCUT2D eigenvalue weighted by molar-refractivity contribution is -0.116. The first-order chi connectivity index (χ1) is 3.63. The first-order valence-corrected chi connectivity index (χ1v) is 2.66. The average Bonchev–Trinajstić information content (AvgIpc) is 1.61. The number of carbonyl (C=O) groups is 1. The van der Waals surface area contributed by atoms with Crippen LogP contribution in [0.4, 0.5) is 0 Å². The van der Waals surface area contributed by atoms with E-state index in [4.69, 9.17) is 5.41 Å². The van der Waals surface area contributed by atoms with Crippen LogP contribution >= 0.6 is 0 Å². The minimum atomic E-state index is 0. The number of hydrogen-bond acceptors (Lipinski definition) is 2. The zero-order chi connectivity index (χ0) is 6.57. The number of ketones is 1. The van der Waals surface area contributed by atoms with E-state index in [9.17, 15) is 4.79 Å². The van der Waals surface area contributed by atoms with Gasteiger partial charge in [-0.1, -0.05) is 7.43 Å². The summed E-state index contributed by atoms with van der Waals surface area (Å²) in [5.74, 6) is 0.164. The minimum Gasteiger partial charge on any atom is -0.310 e. The molecule has 0 heterocycles. The maximum absolute atomic E-state index is 10.3. The van der Waals surface area contributed by atoms with Crippen LogP contribution in [-0.2, 0) is 4.79 Å². The van der Waals surface area contributed by atoms with Crippen LogP contribution in [0.25, 0.3) is 0 Å². The summed E-state index contributed by atoms with van der Waals surface area (Å²) in [6.45, 7) is 3.26. The van der Waals surface area contributed by atoms with Crippen LogP contribution in [0.1, 0.15) is 34.1 Å². The molecule has 0 aromatic rings. The van der Waals surface area contributed by atoms with Gasteiger partial charge in [0.2, 0.25) is 0 Å². The molecule has 0 aliphatic heterocycles. The van der Waals surface area contributed by atoms with Gasteiger partial charge in [0.05, 0.1) is 0 Å². The maximum Gasteiger partial charge on any atom is 0.130 e. The third-order valence-electron chi connectivity index (χ3n) is 0.852. The van der Waals surface area contributed by atoms with Crippen molar-refractivity contribution < 1.29 is 4.79 Å². The fourth-order valence-corrected chi connectivity index (χ4v) is 0.364. The lowest BCUT2D eigenvalue weighted by atomic mass is 10.2. The number of Topliss-reactive ketones (excluding diaryl/α,β-unsaturated/α-hetero) is 1. The quantitative estimate of drug-likeness (QED) is 0.582. The van der Waals surface area contributed by atoms with E-state index in [1.807, 2.05) is 0 Å². The molecule has 0 fully saturated rings. The molecule has 0 aliphatic carbocycles. The SMILES string of the molecule is C.CC(=N)CCC(C)=O. The molecular weight excluding hydrogens is 114 g/mol. The average molecular weight is 129 g/mol. The molecule has 54 valence electrons. The summed E-state index contributed by atoms with van der Waals surface area (Å²) in [5, 5.41) is 6.94. The molecule has 2 heteroatoms. The molecule has 0 aliphatic rings. The minimum absolute atomic E-state index is 0. The Morgan fingerprint density at radius 3 is 1.89 bits per heavy atom. The van der Waals surface area contributed by atoms with Gasteiger partial charge in [-0.25, -0.2) is 0 Å². The molecule has 0 amide bonds. The second-order valence-corrected chi connectivity index (χ2v) is 1.98. The van der Waals surface area contributed by atoms with Crippen molar-refractivity contribution in [1.29, 1.82) is 5.41 Å². The molecule has 9 heavy (non-hydrogen) atoms. The molecule has 0 aromatic heterocycles. The van der Waals surface area contributed by atoms with Gasteiger partial charge >= 0.3 is 0 Å². The summed E-state index contributed by atoms with van der Waals surface area (Å²) in [6.07, 6.45) is 1.14. The Morgan fingerprint density at radius 1 is 1.33 bits per heavy atom. The van der Waals surface area contributed by atoms with Gasteiger partial charge in [0.15, 0.2) is 0 Å². The fraction of sp³-hybridized carbons (Fsp3) is 0.714. The third-order valence-corrected chi connectivity index (χ3v) is 0.852. The molecule has 0 radical (unpaired) electrons. The Morgan fingerprint density at radius 2 is 1.78 bits per heavy atom. The van der Waals surface area contributed by atoms with Gasteiger partial charge in [-0.05, 0) is 20.3 Å². The highest BCUT2D eigenvalue weighted by atomic mass is 16.1. The topological polar surface area (TPSA) is 40.9 Å². The second kappa shape index (κ2) is 5.48. The Balaban J connectivity index is 0. The third kappa shape index (κ3) is 11.1. The highest BCUT2D eigenvalue weighted by molar-refractivity contribution is 5.84. The molecule has 2 nitrogen and oxygen atoms in total. The molecular formula is C7H15NO. The Labute approximate surface area is 56.8 Å². The number of hydrogen-bond donors (Lipinski definition) is 1. The van der Waals surface area contributed by atoms with Crippen LogP contribution in [0.2, 0.25) is 0 Å². The molecule has 0 bridgehead atoms. The van der Waals surface area contributed by atoms with Crippen molar-refractivity contribution in [2.24, 2.45) is 0 Å². The predicted octanol–water partition coefficient (Wildman–Crippen LogP) is 2.03. The maximum atomic E-state index is 10.3. The highest BCUT2D eigenvalue weighted by Crippen LogP contribution is 1.90. The Hall–Kier alpha value is -0.660. The van der Waals surface area contributed by atoms with Crippen molar-refractivity contribution in [1.82, 2.24) is 0 Å². The number of nitrogens with one attached hydrogen (secondary N) is 1. The summed E-state index contributed by atoms with van der Waals surface area (Å²) in [7, 11) is 0. The highest BCUT2D eigenvalue weighted by Gasteiger charge is 1.92. The molecule has 1 N–H and O–H groups in total. The molecule has 0 rings (SSSR count). The van der Waals surface area contributed by atoms with E-state index in [0.717, 1.165) is 0 Å². The van der Waals surface area contributed by atoms with Gasteiger partial charge in [-0.2, -0.15) is 0 Å². The molecule has 0 spiro atoms. The lowest BCUT2D eigenvalue weighted by Gasteiger charge is -1.90. The summed E-state index contributed by atoms with van der Waals surface area (Å²) >= 11 is 0. The first kappa shape index (κ1) is 11.2. The van der Waals surface area contributed by atoms with Gasteiger partial charge < -0.3 is 10.2 Å². The van der Waals surface area contributed by atoms with E-state index < -0.39 is 0 Å². The van der Waals surface area contributed by atoms with Crippen LogP contribution in [0.15, 0.2) is 0 Å². The summed E-state index contributed by atoms with van der Waals surface area (Å²) in [5.41, 5.74) is 0.584. The van der Waals surface area contributed by atoms with Gasteiger partial charge in [0, 0.05) is 12.1 Å². The van der Waals surface area contributed by atoms with Crippen molar-refractivity contribution in [3.63, 3.8) is 0 Å². The smallest absolute Gasteiger partial charge is 0.130 e. The summed E-state index contributed by atoms with van der Waals surface area (Å²) in [6, 6.07) is 0. The van der Waals surface area contributed by atoms with Gasteiger partial charge in [-0.3, -0.25) is 0 Å². The normalized spacial score (nSPS) is 7.78. The first-order valence-electron chi connectivity index (χ1n) is 2.66. The van der Waals surface area contributed by atoms with E-state index in [0.29, 0.717) is 18.6 Å². The zero-order valence-electron chi connectivity index (χ0n) is 5.32. The monoisotopic (exact) mass is 129 g/mol. The fourth-order valence-electron chi connectivity index (χ4n) is 0.364. The standard InChI is InChI=1S/C6H11NO.CH4/c1-5(7)3-4-6(2)8;/h7H,3-4H2,1-2H3;1H4. The van der Waals surface area contributed by atoms with Crippen LogP contribution < -0.4 is 0 Å². The largest absolute Gasteiger partial charge is 0.310 e. The molecule has 0 saturated carbocycles. The number of carbonyl (C=O) groups excluding carboxylic acids is 1. The van der Waals surface area contributed by atoms with Crippen LogP contribution in [0.5, 0.6) is 0 Å². The molecule has 0 atom stereocenters. The van der Waals surface area contributed by atoms with Crippen LogP contribution in [0, 0.1) is 5.41 Å². The molecule has 0 unspecified atom stereocenters. The zero-order valence-corrected chi connectivity index (χ0v) is 5.32. The second-order valence-electron chi connectivity index (χ2n) is 1.98. The Kier molecular flexibility index (Phi) is 6.80. The van der Waals surface area contributed by atoms with Crippen molar-refractivity contribution in [3.05, 3.63) is 0 Å². The predicted molar refractivity (Wildman–Crippen MR) is 40.0 cm³/mol. The Bertz CT molecular complexity index is 93.5. The summed E-state index contributed by atoms with van der Waals surface area (Å²) < 4.78 is 0. The lowest BCUT2D eigenvalue weighted by Crippen LogP contribution is -1.94. The van der Waals surface area contributed by atoms with Gasteiger partial charge in [0.25, 0.3) is 0 Å². The van der Waals surface area contributed by atoms with Crippen LogP contribution in [-0.4, -0.2) is 11.5 Å². The van der Waals surface area contributed by atoms with Crippen molar-refractivity contribution in [3.8, 4) is 0 Å². The van der Waals surface area contributed by atoms with Crippen molar-refractivity contribution in [2.45, 2.75) is 34.1 Å². The van der Waals surface area contributed by atoms with E-state index >= 15 is 0 Å². The number of rotatable bonds is 3. The van der Waals surface area contributed by atoms with E-state index in [1.54, 1.807) is 13.8 Å². The van der Waals surface area contributed by atoms with E-state index in [-0.39, 0.29) is 13.2 Å². The van der Waals surface area contributed by atoms with E-state index in [1.165, 1.54) is 0 Å². The van der Waals surface area contributed by atoms with Gasteiger partial charge in [-0.15, -0.1) is 0 Å². The summed E-state index contributed by atoms with van der Waals surface area (Å²) in [4.78, 5) is 10.3. The molecule has 0 aromatic carbocycles. The van der Waals surface area contributed by atoms with E-state index in [2.05, 4.69) is 0 Å². The van der Waals surface area contributed by atoms with Gasteiger partial charge in [0.1, 0.15) is 5.78 Å². The van der Waals surface area contributed by atoms with Crippen molar-refractivity contribution >= 4 is 11.5 Å². The molecule has 0 saturated heterocycles. The van der Waals surface area contributed by atoms with Crippen molar-refractivity contribution in [2.75, 3.05) is 0 Å².